The summed E-state index contributed by atoms with van der Waals surface area (Å²) in [6, 6.07) is 9.05. The van der Waals surface area contributed by atoms with Gasteiger partial charge >= 0.3 is 5.97 Å². The molecule has 2 aromatic heterocycles. The molecule has 3 rings (SSSR count). The highest BCUT2D eigenvalue weighted by Crippen LogP contribution is 2.22. The van der Waals surface area contributed by atoms with Crippen LogP contribution in [0.3, 0.4) is 0 Å². The van der Waals surface area contributed by atoms with Crippen molar-refractivity contribution in [3.8, 4) is 11.5 Å². The molecule has 6 nitrogen and oxygen atoms in total. The van der Waals surface area contributed by atoms with Crippen LogP contribution in [0.5, 0.6) is 0 Å². The maximum absolute atomic E-state index is 12.9. The van der Waals surface area contributed by atoms with Crippen molar-refractivity contribution < 1.29 is 22.8 Å². The normalized spacial score (nSPS) is 12.4. The van der Waals surface area contributed by atoms with Crippen molar-refractivity contribution in [3.05, 3.63) is 66.2 Å². The van der Waals surface area contributed by atoms with Crippen LogP contribution >= 0.6 is 0 Å². The van der Waals surface area contributed by atoms with Gasteiger partial charge in [-0.3, -0.25) is 0 Å². The summed E-state index contributed by atoms with van der Waals surface area (Å²) in [5.41, 5.74) is 0.575. The predicted molar refractivity (Wildman–Crippen MR) is 81.9 cm³/mol. The lowest BCUT2D eigenvalue weighted by atomic mass is 10.2. The second kappa shape index (κ2) is 6.91. The molecule has 0 fully saturated rings. The first kappa shape index (κ1) is 15.7. The zero-order chi connectivity index (χ0) is 16.9. The zero-order valence-electron chi connectivity index (χ0n) is 12.7. The smallest absolute Gasteiger partial charge is 0.331 e. The van der Waals surface area contributed by atoms with Crippen LogP contribution in [0.15, 0.2) is 57.6 Å². The van der Waals surface area contributed by atoms with E-state index in [0.717, 1.165) is 0 Å². The van der Waals surface area contributed by atoms with E-state index in [1.807, 2.05) is 0 Å². The number of esters is 1. The topological polar surface area (TPSA) is 78.4 Å². The van der Waals surface area contributed by atoms with Gasteiger partial charge < -0.3 is 13.6 Å². The number of halogens is 1. The van der Waals surface area contributed by atoms with Gasteiger partial charge in [0.1, 0.15) is 11.6 Å². The van der Waals surface area contributed by atoms with Gasteiger partial charge in [0, 0.05) is 11.6 Å². The Morgan fingerprint density at radius 1 is 1.25 bits per heavy atom. The maximum atomic E-state index is 12.9. The second-order valence-corrected chi connectivity index (χ2v) is 4.88. The molecule has 7 heteroatoms. The third kappa shape index (κ3) is 3.75. The SMILES string of the molecule is C[C@H](OC(=O)/C=C/c1ccco1)c1nnc(-c2ccc(F)cc2)o1. The standard InChI is InChI=1S/C17H13FN2O4/c1-11(23-15(21)9-8-14-3-2-10-22-14)16-19-20-17(24-16)12-4-6-13(18)7-5-12/h2-11H,1H3/b9-8+/t11-/m0/s1. The highest BCUT2D eigenvalue weighted by molar-refractivity contribution is 5.86. The van der Waals surface area contributed by atoms with E-state index in [0.29, 0.717) is 11.3 Å². The van der Waals surface area contributed by atoms with E-state index in [-0.39, 0.29) is 17.6 Å². The van der Waals surface area contributed by atoms with Crippen LogP contribution in [0.1, 0.15) is 24.7 Å². The molecule has 0 amide bonds. The molecule has 0 saturated carbocycles. The second-order valence-electron chi connectivity index (χ2n) is 4.88. The number of hydrogen-bond donors (Lipinski definition) is 0. The van der Waals surface area contributed by atoms with Crippen LogP contribution in [0.25, 0.3) is 17.5 Å². The van der Waals surface area contributed by atoms with Crippen LogP contribution in [-0.4, -0.2) is 16.2 Å². The molecule has 0 radical (unpaired) electrons. The number of benzene rings is 1. The fourth-order valence-electron chi connectivity index (χ4n) is 1.91. The summed E-state index contributed by atoms with van der Waals surface area (Å²) in [6.07, 6.45) is 3.52. The van der Waals surface area contributed by atoms with Crippen molar-refractivity contribution in [1.82, 2.24) is 10.2 Å². The van der Waals surface area contributed by atoms with E-state index < -0.39 is 12.1 Å². The minimum Gasteiger partial charge on any atom is -0.465 e. The number of ether oxygens (including phenoxy) is 1. The van der Waals surface area contributed by atoms with Gasteiger partial charge in [-0.2, -0.15) is 0 Å². The van der Waals surface area contributed by atoms with Crippen molar-refractivity contribution in [3.63, 3.8) is 0 Å². The third-order valence-electron chi connectivity index (χ3n) is 3.10. The van der Waals surface area contributed by atoms with Gasteiger partial charge in [0.25, 0.3) is 5.89 Å². The Labute approximate surface area is 136 Å². The summed E-state index contributed by atoms with van der Waals surface area (Å²) in [6.45, 7) is 1.61. The molecular formula is C17H13FN2O4. The lowest BCUT2D eigenvalue weighted by molar-refractivity contribution is -0.143. The molecule has 24 heavy (non-hydrogen) atoms. The molecule has 0 unspecified atom stereocenters. The largest absolute Gasteiger partial charge is 0.465 e. The zero-order valence-corrected chi connectivity index (χ0v) is 12.7. The van der Waals surface area contributed by atoms with Gasteiger partial charge in [0.2, 0.25) is 5.89 Å². The Bertz CT molecular complexity index is 838. The molecule has 0 aliphatic carbocycles. The van der Waals surface area contributed by atoms with Crippen molar-refractivity contribution in [1.29, 1.82) is 0 Å². The van der Waals surface area contributed by atoms with Gasteiger partial charge in [0.15, 0.2) is 6.10 Å². The van der Waals surface area contributed by atoms with Crippen molar-refractivity contribution >= 4 is 12.0 Å². The van der Waals surface area contributed by atoms with Crippen molar-refractivity contribution in [2.75, 3.05) is 0 Å². The molecule has 2 heterocycles. The number of hydrogen-bond acceptors (Lipinski definition) is 6. The Morgan fingerprint density at radius 2 is 2.04 bits per heavy atom. The van der Waals surface area contributed by atoms with Crippen LogP contribution in [0.4, 0.5) is 4.39 Å². The monoisotopic (exact) mass is 328 g/mol. The van der Waals surface area contributed by atoms with E-state index in [4.69, 9.17) is 13.6 Å². The highest BCUT2D eigenvalue weighted by Gasteiger charge is 2.18. The summed E-state index contributed by atoms with van der Waals surface area (Å²) in [4.78, 5) is 11.8. The van der Waals surface area contributed by atoms with E-state index in [1.165, 1.54) is 42.7 Å². The number of carbonyl (C=O) groups excluding carboxylic acids is 1. The highest BCUT2D eigenvalue weighted by atomic mass is 19.1. The molecule has 0 spiro atoms. The van der Waals surface area contributed by atoms with Gasteiger partial charge in [-0.25, -0.2) is 9.18 Å². The molecule has 0 bridgehead atoms. The average Bonchev–Trinajstić information content (AvgIpc) is 3.25. The van der Waals surface area contributed by atoms with Crippen LogP contribution in [-0.2, 0) is 9.53 Å². The van der Waals surface area contributed by atoms with Gasteiger partial charge in [0.05, 0.1) is 6.26 Å². The molecule has 122 valence electrons. The number of nitrogens with zero attached hydrogens (tertiary/aromatic N) is 2. The van der Waals surface area contributed by atoms with E-state index >= 15 is 0 Å². The molecule has 0 saturated heterocycles. The Kier molecular flexibility index (Phi) is 4.51. The number of rotatable bonds is 5. The fourth-order valence-corrected chi connectivity index (χ4v) is 1.91. The summed E-state index contributed by atoms with van der Waals surface area (Å²) < 4.78 is 28.6. The predicted octanol–water partition coefficient (Wildman–Crippen LogP) is 3.79. The average molecular weight is 328 g/mol. The van der Waals surface area contributed by atoms with E-state index in [2.05, 4.69) is 10.2 Å². The van der Waals surface area contributed by atoms with Crippen LogP contribution in [0, 0.1) is 5.82 Å². The number of carbonyl (C=O) groups is 1. The first-order valence-corrected chi connectivity index (χ1v) is 7.13. The van der Waals surface area contributed by atoms with E-state index in [9.17, 15) is 9.18 Å². The lowest BCUT2D eigenvalue weighted by Crippen LogP contribution is -2.06. The molecule has 0 aliphatic rings. The van der Waals surface area contributed by atoms with E-state index in [1.54, 1.807) is 19.1 Å². The number of furan rings is 1. The fraction of sp³-hybridized carbons (Fsp3) is 0.118. The minimum atomic E-state index is -0.722. The van der Waals surface area contributed by atoms with Gasteiger partial charge in [-0.05, 0) is 49.4 Å². The summed E-state index contributed by atoms with van der Waals surface area (Å²) >= 11 is 0. The summed E-state index contributed by atoms with van der Waals surface area (Å²) in [5, 5.41) is 7.72. The number of aromatic nitrogens is 2. The van der Waals surface area contributed by atoms with Gasteiger partial charge in [-0.15, -0.1) is 10.2 Å². The Morgan fingerprint density at radius 3 is 2.75 bits per heavy atom. The Hall–Kier alpha value is -3.22. The van der Waals surface area contributed by atoms with Crippen LogP contribution in [0.2, 0.25) is 0 Å². The van der Waals surface area contributed by atoms with Crippen molar-refractivity contribution in [2.24, 2.45) is 0 Å². The van der Waals surface area contributed by atoms with Crippen LogP contribution < -0.4 is 0 Å². The summed E-state index contributed by atoms with van der Waals surface area (Å²) in [7, 11) is 0. The first-order valence-electron chi connectivity index (χ1n) is 7.13. The Balaban J connectivity index is 1.64. The third-order valence-corrected chi connectivity index (χ3v) is 3.10. The molecule has 3 aromatic rings. The molecule has 0 aliphatic heterocycles. The first-order chi connectivity index (χ1) is 11.6. The van der Waals surface area contributed by atoms with Crippen molar-refractivity contribution in [2.45, 2.75) is 13.0 Å². The lowest BCUT2D eigenvalue weighted by Gasteiger charge is -2.06. The summed E-state index contributed by atoms with van der Waals surface area (Å²) in [5.74, 6) is -0.0198. The molecule has 1 aromatic carbocycles. The molecule has 0 N–H and O–H groups in total. The molecular weight excluding hydrogens is 315 g/mol. The minimum absolute atomic E-state index is 0.147. The van der Waals surface area contributed by atoms with Gasteiger partial charge in [-0.1, -0.05) is 0 Å². The quantitative estimate of drug-likeness (QED) is 0.524. The maximum Gasteiger partial charge on any atom is 0.331 e. The molecule has 1 atom stereocenters.